The molecule has 0 aliphatic carbocycles. The number of aromatic nitrogens is 4. The van der Waals surface area contributed by atoms with Gasteiger partial charge < -0.3 is 27.2 Å². The Balaban J connectivity index is 0.000000783. The lowest BCUT2D eigenvalue weighted by atomic mass is 9.92. The Bertz CT molecular complexity index is 1490. The van der Waals surface area contributed by atoms with E-state index in [4.69, 9.17) is 18.1 Å². The molecular weight excluding hydrogens is 646 g/mol. The van der Waals surface area contributed by atoms with Crippen LogP contribution in [0.2, 0.25) is 0 Å². The van der Waals surface area contributed by atoms with Crippen LogP contribution in [0.1, 0.15) is 75.8 Å². The van der Waals surface area contributed by atoms with E-state index in [2.05, 4.69) is 53.7 Å². The molecule has 0 spiro atoms. The lowest BCUT2D eigenvalue weighted by Crippen LogP contribution is -2.09. The molecule has 0 N–H and O–H groups in total. The lowest BCUT2D eigenvalue weighted by molar-refractivity contribution is 0.274. The van der Waals surface area contributed by atoms with E-state index in [1.54, 1.807) is 29.4 Å². The summed E-state index contributed by atoms with van der Waals surface area (Å²) in [6.45, 7) is 11.6. The highest BCUT2D eigenvalue weighted by Gasteiger charge is 2.22. The van der Waals surface area contributed by atoms with Crippen LogP contribution in [0.5, 0.6) is 0 Å². The van der Waals surface area contributed by atoms with Crippen LogP contribution in [0.25, 0.3) is 12.3 Å². The molecule has 0 saturated heterocycles. The molecule has 0 fully saturated rings. The lowest BCUT2D eigenvalue weighted by Gasteiger charge is -2.21. The molecule has 4 aromatic rings. The second kappa shape index (κ2) is 23.1. The quantitative estimate of drug-likeness (QED) is 0.113. The van der Waals surface area contributed by atoms with Crippen LogP contribution in [0, 0.1) is 0 Å². The first-order valence-corrected chi connectivity index (χ1v) is 18.3. The van der Waals surface area contributed by atoms with Gasteiger partial charge in [-0.1, -0.05) is 96.5 Å². The van der Waals surface area contributed by atoms with Gasteiger partial charge in [-0.3, -0.25) is 9.13 Å². The smallest absolute Gasteiger partial charge is 0.334 e. The minimum Gasteiger partial charge on any atom is -0.334 e. The Hall–Kier alpha value is -3.36. The van der Waals surface area contributed by atoms with Gasteiger partial charge in [0.1, 0.15) is 0 Å². The number of benzene rings is 2. The van der Waals surface area contributed by atoms with E-state index in [1.807, 2.05) is 61.3 Å². The summed E-state index contributed by atoms with van der Waals surface area (Å²) in [5.74, 6) is 0.433. The maximum atomic E-state index is 12.2. The summed E-state index contributed by atoms with van der Waals surface area (Å²) in [6, 6.07) is 16.3. The predicted octanol–water partition coefficient (Wildman–Crippen LogP) is 10.6. The predicted molar refractivity (Wildman–Crippen MR) is 200 cm³/mol. The van der Waals surface area contributed by atoms with Crippen molar-refractivity contribution in [2.75, 3.05) is 28.4 Å². The summed E-state index contributed by atoms with van der Waals surface area (Å²) in [6.07, 6.45) is 17.1. The van der Waals surface area contributed by atoms with Gasteiger partial charge in [-0.05, 0) is 41.0 Å². The van der Waals surface area contributed by atoms with E-state index in [0.717, 1.165) is 29.5 Å². The molecule has 12 heteroatoms. The van der Waals surface area contributed by atoms with Crippen molar-refractivity contribution in [1.29, 1.82) is 0 Å². The van der Waals surface area contributed by atoms with Gasteiger partial charge in [-0.15, -0.1) is 0 Å². The van der Waals surface area contributed by atoms with E-state index in [0.29, 0.717) is 18.1 Å². The Morgan fingerprint density at radius 3 is 1.60 bits per heavy atom. The second-order valence-electron chi connectivity index (χ2n) is 10.4. The van der Waals surface area contributed by atoms with Crippen molar-refractivity contribution < 1.29 is 27.2 Å². The molecule has 0 radical (unpaired) electrons. The van der Waals surface area contributed by atoms with Crippen LogP contribution in [-0.2, 0) is 39.5 Å². The molecule has 10 nitrogen and oxygen atoms in total. The van der Waals surface area contributed by atoms with Gasteiger partial charge in [0.2, 0.25) is 0 Å². The summed E-state index contributed by atoms with van der Waals surface area (Å²) < 4.78 is 47.7. The molecule has 0 amide bonds. The molecule has 2 aromatic heterocycles. The Kier molecular flexibility index (Phi) is 21.5. The third kappa shape index (κ3) is 14.8. The number of hydrogen-bond acceptors (Lipinski definition) is 8. The zero-order valence-electron chi connectivity index (χ0n) is 27.8. The number of rotatable bonds is 15. The SMILES string of the molecule is C.C.C=Cc1ccc(CP(=O)(OC)OC)cc1.C=Cn1ccnc1.CCC(CC(C)c1ccc(CP(=O)(OC)OC)cc1)n1ccnc1. The Morgan fingerprint density at radius 2 is 1.25 bits per heavy atom. The Morgan fingerprint density at radius 1 is 0.771 bits per heavy atom. The van der Waals surface area contributed by atoms with Crippen LogP contribution in [0.3, 0.4) is 0 Å². The highest BCUT2D eigenvalue weighted by Crippen LogP contribution is 2.50. The minimum absolute atomic E-state index is 0. The van der Waals surface area contributed by atoms with E-state index >= 15 is 0 Å². The fourth-order valence-electron chi connectivity index (χ4n) is 4.47. The summed E-state index contributed by atoms with van der Waals surface area (Å²) in [5.41, 5.74) is 4.19. The van der Waals surface area contributed by atoms with E-state index < -0.39 is 15.2 Å². The number of hydrogen-bond donors (Lipinski definition) is 0. The topological polar surface area (TPSA) is 107 Å². The van der Waals surface area contributed by atoms with Crippen LogP contribution in [0.4, 0.5) is 0 Å². The van der Waals surface area contributed by atoms with Gasteiger partial charge in [-0.2, -0.15) is 0 Å². The van der Waals surface area contributed by atoms with Crippen LogP contribution < -0.4 is 0 Å². The summed E-state index contributed by atoms with van der Waals surface area (Å²) in [7, 11) is -0.346. The van der Waals surface area contributed by atoms with Gasteiger partial charge in [0, 0.05) is 65.5 Å². The average molecular weight is 703 g/mol. The molecule has 2 aromatic carbocycles. The summed E-state index contributed by atoms with van der Waals surface area (Å²) in [4.78, 5) is 7.93. The van der Waals surface area contributed by atoms with E-state index in [1.165, 1.54) is 34.0 Å². The van der Waals surface area contributed by atoms with E-state index in [-0.39, 0.29) is 21.0 Å². The van der Waals surface area contributed by atoms with Crippen molar-refractivity contribution in [3.63, 3.8) is 0 Å². The molecule has 0 saturated carbocycles. The van der Waals surface area contributed by atoms with Crippen LogP contribution >= 0.6 is 15.2 Å². The number of imidazole rings is 2. The molecule has 0 bridgehead atoms. The summed E-state index contributed by atoms with van der Waals surface area (Å²) in [5, 5.41) is 0. The molecule has 0 aliphatic heterocycles. The zero-order chi connectivity index (χ0) is 34.0. The third-order valence-electron chi connectivity index (χ3n) is 7.41. The van der Waals surface area contributed by atoms with E-state index in [9.17, 15) is 9.13 Å². The van der Waals surface area contributed by atoms with Gasteiger partial charge in [0.15, 0.2) is 0 Å². The largest absolute Gasteiger partial charge is 0.334 e. The van der Waals surface area contributed by atoms with Crippen molar-refractivity contribution in [2.24, 2.45) is 0 Å². The van der Waals surface area contributed by atoms with Crippen molar-refractivity contribution in [3.05, 3.63) is 121 Å². The highest BCUT2D eigenvalue weighted by atomic mass is 31.2. The molecule has 2 unspecified atom stereocenters. The molecule has 2 atom stereocenters. The fourth-order valence-corrected chi connectivity index (χ4v) is 6.60. The Labute approximate surface area is 288 Å². The molecular formula is C36H56N4O6P2. The second-order valence-corrected chi connectivity index (χ2v) is 14.9. The molecule has 2 heterocycles. The first-order chi connectivity index (χ1) is 22.1. The average Bonchev–Trinajstić information content (AvgIpc) is 3.84. The van der Waals surface area contributed by atoms with Gasteiger partial charge in [0.25, 0.3) is 0 Å². The van der Waals surface area contributed by atoms with Gasteiger partial charge >= 0.3 is 15.2 Å². The van der Waals surface area contributed by atoms with Crippen molar-refractivity contribution in [1.82, 2.24) is 19.1 Å². The highest BCUT2D eigenvalue weighted by molar-refractivity contribution is 7.53. The third-order valence-corrected chi connectivity index (χ3v) is 11.1. The maximum Gasteiger partial charge on any atom is 0.334 e. The van der Waals surface area contributed by atoms with Crippen molar-refractivity contribution >= 4 is 27.5 Å². The maximum absolute atomic E-state index is 12.2. The molecule has 266 valence electrons. The zero-order valence-corrected chi connectivity index (χ0v) is 29.6. The number of nitrogens with zero attached hydrogens (tertiary/aromatic N) is 4. The standard InChI is InChI=1S/C18H27N2O3P.C11H15O3P.C5H6N2.2CH4/c1-5-18(20-11-10-19-14-20)12-15(2)17-8-6-16(7-9-17)13-24(21,22-3)23-4;1-4-10-5-7-11(8-6-10)9-15(12,13-2)14-3;1-2-7-4-3-6-5-7;;/h6-11,14-15,18H,5,12-13H2,1-4H3;4-8H,1,9H2,2-3H3;2-5H,1H2;2*1H4. The van der Waals surface area contributed by atoms with Crippen LogP contribution in [-0.4, -0.2) is 47.5 Å². The minimum atomic E-state index is -3.01. The first kappa shape index (κ1) is 44.6. The molecule has 4 rings (SSSR count). The fraction of sp³-hybridized carbons (Fsp3) is 0.389. The summed E-state index contributed by atoms with van der Waals surface area (Å²) >= 11 is 0. The molecule has 0 aliphatic rings. The van der Waals surface area contributed by atoms with Gasteiger partial charge in [-0.25, -0.2) is 9.97 Å². The monoisotopic (exact) mass is 702 g/mol. The normalized spacial score (nSPS) is 12.0. The van der Waals surface area contributed by atoms with Gasteiger partial charge in [0.05, 0.1) is 25.0 Å². The molecule has 48 heavy (non-hydrogen) atoms. The van der Waals surface area contributed by atoms with Crippen molar-refractivity contribution in [3.8, 4) is 0 Å². The van der Waals surface area contributed by atoms with Crippen LogP contribution in [0.15, 0.2) is 99.1 Å². The van der Waals surface area contributed by atoms with Crippen molar-refractivity contribution in [2.45, 2.75) is 65.8 Å². The first-order valence-electron chi connectivity index (χ1n) is 14.9.